The molecule has 2 heterocycles. The van der Waals surface area contributed by atoms with Crippen LogP contribution in [0.5, 0.6) is 5.75 Å². The SMILES string of the molecule is O=C(NCc1cc(C(F)(F)F)nn1C1CCOCC1)NC1CCCc2ccc(O)cc21. The fourth-order valence-electron chi connectivity index (χ4n) is 4.27. The average Bonchev–Trinajstić information content (AvgIpc) is 3.18. The van der Waals surface area contributed by atoms with Gasteiger partial charge in [0.05, 0.1) is 24.3 Å². The summed E-state index contributed by atoms with van der Waals surface area (Å²) in [5.41, 5.74) is 1.28. The van der Waals surface area contributed by atoms with Gasteiger partial charge in [0.15, 0.2) is 5.69 Å². The molecule has 0 radical (unpaired) electrons. The van der Waals surface area contributed by atoms with Crippen molar-refractivity contribution in [2.24, 2.45) is 0 Å². The van der Waals surface area contributed by atoms with E-state index >= 15 is 0 Å². The molecule has 1 atom stereocenters. The fourth-order valence-corrected chi connectivity index (χ4v) is 4.27. The third-order valence-electron chi connectivity index (χ3n) is 5.82. The number of aryl methyl sites for hydroxylation is 1. The van der Waals surface area contributed by atoms with Gasteiger partial charge in [-0.3, -0.25) is 4.68 Å². The molecule has 1 aromatic heterocycles. The Morgan fingerprint density at radius 2 is 2.00 bits per heavy atom. The van der Waals surface area contributed by atoms with E-state index in [1.54, 1.807) is 12.1 Å². The van der Waals surface area contributed by atoms with Crippen molar-refractivity contribution in [2.75, 3.05) is 13.2 Å². The Hall–Kier alpha value is -2.75. The Morgan fingerprint density at radius 1 is 1.23 bits per heavy atom. The number of amides is 2. The highest BCUT2D eigenvalue weighted by atomic mass is 19.4. The van der Waals surface area contributed by atoms with Gasteiger partial charge in [-0.25, -0.2) is 4.79 Å². The van der Waals surface area contributed by atoms with Crippen LogP contribution in [0.2, 0.25) is 0 Å². The summed E-state index contributed by atoms with van der Waals surface area (Å²) in [6.45, 7) is 0.853. The van der Waals surface area contributed by atoms with E-state index in [4.69, 9.17) is 4.74 Å². The molecule has 0 spiro atoms. The van der Waals surface area contributed by atoms with Gasteiger partial charge < -0.3 is 20.5 Å². The third kappa shape index (κ3) is 4.95. The number of nitrogens with one attached hydrogen (secondary N) is 2. The van der Waals surface area contributed by atoms with Gasteiger partial charge in [-0.1, -0.05) is 6.07 Å². The maximum absolute atomic E-state index is 13.2. The Labute approximate surface area is 177 Å². The first-order chi connectivity index (χ1) is 14.8. The lowest BCUT2D eigenvalue weighted by Gasteiger charge is -2.27. The van der Waals surface area contributed by atoms with Gasteiger partial charge in [0.25, 0.3) is 0 Å². The molecular formula is C21H25F3N4O3. The summed E-state index contributed by atoms with van der Waals surface area (Å²) in [6, 6.07) is 5.17. The van der Waals surface area contributed by atoms with Crippen molar-refractivity contribution in [1.82, 2.24) is 20.4 Å². The number of halogens is 3. The number of urea groups is 1. The summed E-state index contributed by atoms with van der Waals surface area (Å²) < 4.78 is 46.3. The van der Waals surface area contributed by atoms with Crippen LogP contribution in [-0.2, 0) is 23.9 Å². The standard InChI is InChI=1S/C21H25F3N4O3/c22-21(23,24)19-10-15(28(27-19)14-6-8-31-9-7-14)12-25-20(30)26-18-3-1-2-13-4-5-16(29)11-17(13)18/h4-5,10-11,14,18,29H,1-3,6-9,12H2,(H2,25,26,30). The molecule has 7 nitrogen and oxygen atoms in total. The Kier molecular flexibility index (Phi) is 6.08. The minimum Gasteiger partial charge on any atom is -0.508 e. The number of carbonyl (C=O) groups is 1. The number of phenols is 1. The number of aromatic nitrogens is 2. The lowest BCUT2D eigenvalue weighted by molar-refractivity contribution is -0.141. The molecule has 1 fully saturated rings. The van der Waals surface area contributed by atoms with Crippen molar-refractivity contribution in [1.29, 1.82) is 0 Å². The van der Waals surface area contributed by atoms with Gasteiger partial charge in [-0.2, -0.15) is 18.3 Å². The summed E-state index contributed by atoms with van der Waals surface area (Å²) in [5, 5.41) is 19.1. The largest absolute Gasteiger partial charge is 0.508 e. The number of hydrogen-bond acceptors (Lipinski definition) is 4. The van der Waals surface area contributed by atoms with E-state index in [0.717, 1.165) is 36.5 Å². The molecule has 31 heavy (non-hydrogen) atoms. The molecule has 10 heteroatoms. The fraction of sp³-hybridized carbons (Fsp3) is 0.524. The summed E-state index contributed by atoms with van der Waals surface area (Å²) in [4.78, 5) is 12.5. The second-order valence-electron chi connectivity index (χ2n) is 7.96. The van der Waals surface area contributed by atoms with Crippen LogP contribution in [0.1, 0.15) is 60.3 Å². The van der Waals surface area contributed by atoms with Crippen LogP contribution in [0.25, 0.3) is 0 Å². The van der Waals surface area contributed by atoms with Crippen LogP contribution < -0.4 is 10.6 Å². The molecule has 2 amide bonds. The molecule has 1 aliphatic heterocycles. The van der Waals surface area contributed by atoms with Crippen molar-refractivity contribution in [3.63, 3.8) is 0 Å². The van der Waals surface area contributed by atoms with E-state index in [-0.39, 0.29) is 24.4 Å². The Balaban J connectivity index is 1.45. The first-order valence-corrected chi connectivity index (χ1v) is 10.4. The average molecular weight is 438 g/mol. The molecule has 1 aromatic carbocycles. The van der Waals surface area contributed by atoms with Gasteiger partial charge in [-0.15, -0.1) is 0 Å². The highest BCUT2D eigenvalue weighted by Crippen LogP contribution is 2.33. The Bertz CT molecular complexity index is 938. The van der Waals surface area contributed by atoms with Crippen LogP contribution in [-0.4, -0.2) is 34.1 Å². The van der Waals surface area contributed by atoms with Crippen molar-refractivity contribution >= 4 is 6.03 Å². The second-order valence-corrected chi connectivity index (χ2v) is 7.96. The lowest BCUT2D eigenvalue weighted by Crippen LogP contribution is -2.39. The minimum atomic E-state index is -4.55. The van der Waals surface area contributed by atoms with Gasteiger partial charge in [-0.05, 0) is 61.4 Å². The number of fused-ring (bicyclic) bond motifs is 1. The van der Waals surface area contributed by atoms with Crippen LogP contribution in [0.3, 0.4) is 0 Å². The van der Waals surface area contributed by atoms with Crippen LogP contribution >= 0.6 is 0 Å². The molecule has 2 aromatic rings. The van der Waals surface area contributed by atoms with Gasteiger partial charge >= 0.3 is 12.2 Å². The summed E-state index contributed by atoms with van der Waals surface area (Å²) in [7, 11) is 0. The molecule has 1 aliphatic carbocycles. The molecule has 1 saturated heterocycles. The van der Waals surface area contributed by atoms with E-state index < -0.39 is 17.9 Å². The Morgan fingerprint density at radius 3 is 2.74 bits per heavy atom. The summed E-state index contributed by atoms with van der Waals surface area (Å²) >= 11 is 0. The zero-order valence-corrected chi connectivity index (χ0v) is 16.9. The first kappa shape index (κ1) is 21.5. The third-order valence-corrected chi connectivity index (χ3v) is 5.82. The smallest absolute Gasteiger partial charge is 0.435 e. The molecule has 3 N–H and O–H groups in total. The molecule has 0 bridgehead atoms. The maximum Gasteiger partial charge on any atom is 0.435 e. The highest BCUT2D eigenvalue weighted by molar-refractivity contribution is 5.74. The molecule has 0 saturated carbocycles. The highest BCUT2D eigenvalue weighted by Gasteiger charge is 2.36. The zero-order chi connectivity index (χ0) is 22.0. The predicted molar refractivity (Wildman–Crippen MR) is 105 cm³/mol. The number of rotatable bonds is 4. The van der Waals surface area contributed by atoms with Crippen LogP contribution in [0.4, 0.5) is 18.0 Å². The van der Waals surface area contributed by atoms with Gasteiger partial charge in [0.1, 0.15) is 5.75 Å². The summed E-state index contributed by atoms with van der Waals surface area (Å²) in [5.74, 6) is 0.132. The normalized spacial score (nSPS) is 19.6. The second kappa shape index (κ2) is 8.78. The van der Waals surface area contributed by atoms with Crippen LogP contribution in [0.15, 0.2) is 24.3 Å². The number of hydrogen-bond donors (Lipinski definition) is 3. The molecular weight excluding hydrogens is 413 g/mol. The van der Waals surface area contributed by atoms with Crippen molar-refractivity contribution < 1.29 is 27.8 Å². The van der Waals surface area contributed by atoms with Crippen molar-refractivity contribution in [3.8, 4) is 5.75 Å². The van der Waals surface area contributed by atoms with E-state index in [1.165, 1.54) is 4.68 Å². The first-order valence-electron chi connectivity index (χ1n) is 10.4. The van der Waals surface area contributed by atoms with E-state index in [0.29, 0.717) is 31.7 Å². The molecule has 4 rings (SSSR count). The number of benzene rings is 1. The van der Waals surface area contributed by atoms with E-state index in [9.17, 15) is 23.1 Å². The molecule has 168 valence electrons. The van der Waals surface area contributed by atoms with Crippen LogP contribution in [0, 0.1) is 0 Å². The predicted octanol–water partition coefficient (Wildman–Crippen LogP) is 3.84. The van der Waals surface area contributed by atoms with E-state index in [2.05, 4.69) is 15.7 Å². The number of nitrogens with zero attached hydrogens (tertiary/aromatic N) is 2. The monoisotopic (exact) mass is 438 g/mol. The summed E-state index contributed by atoms with van der Waals surface area (Å²) in [6.07, 6.45) is -0.918. The number of aromatic hydroxyl groups is 1. The van der Waals surface area contributed by atoms with Crippen molar-refractivity contribution in [2.45, 2.75) is 56.9 Å². The van der Waals surface area contributed by atoms with Gasteiger partial charge in [0, 0.05) is 13.2 Å². The zero-order valence-electron chi connectivity index (χ0n) is 16.9. The maximum atomic E-state index is 13.2. The van der Waals surface area contributed by atoms with Crippen molar-refractivity contribution in [3.05, 3.63) is 46.8 Å². The number of phenolic OH excluding ortho intramolecular Hbond substituents is 1. The number of carbonyl (C=O) groups excluding carboxylic acids is 1. The minimum absolute atomic E-state index is 0.0775. The van der Waals surface area contributed by atoms with Gasteiger partial charge in [0.2, 0.25) is 0 Å². The number of alkyl halides is 3. The lowest BCUT2D eigenvalue weighted by atomic mass is 9.87. The van der Waals surface area contributed by atoms with E-state index in [1.807, 2.05) is 6.07 Å². The molecule has 2 aliphatic rings. The number of ether oxygens (including phenoxy) is 1. The molecule has 1 unspecified atom stereocenters. The quantitative estimate of drug-likeness (QED) is 0.677. The topological polar surface area (TPSA) is 88.4 Å².